The van der Waals surface area contributed by atoms with Crippen LogP contribution >= 0.6 is 21.8 Å². The van der Waals surface area contributed by atoms with Crippen LogP contribution in [-0.4, -0.2) is 23.3 Å². The van der Waals surface area contributed by atoms with E-state index in [0.717, 1.165) is 20.2 Å². The number of Topliss-reactive ketones (excluding diaryl/α,β-unsaturated/α-hetero) is 1. The molecule has 16 heavy (non-hydrogen) atoms. The zero-order chi connectivity index (χ0) is 12.1. The molecule has 0 bridgehead atoms. The SMILES string of the molecule is CC(=O)c1ccc(SSN(C)C(=O)F)cc1. The molecule has 0 aliphatic carbocycles. The van der Waals surface area contributed by atoms with Crippen LogP contribution in [0.15, 0.2) is 29.2 Å². The van der Waals surface area contributed by atoms with E-state index < -0.39 is 6.16 Å². The molecular weight excluding hydrogens is 249 g/mol. The van der Waals surface area contributed by atoms with Crippen LogP contribution in [0.5, 0.6) is 0 Å². The summed E-state index contributed by atoms with van der Waals surface area (Å²) in [6.07, 6.45) is -1.49. The Morgan fingerprint density at radius 1 is 1.25 bits per heavy atom. The van der Waals surface area contributed by atoms with Crippen LogP contribution < -0.4 is 0 Å². The number of hydrogen-bond donors (Lipinski definition) is 0. The molecule has 0 N–H and O–H groups in total. The van der Waals surface area contributed by atoms with Crippen molar-refractivity contribution >= 4 is 33.7 Å². The van der Waals surface area contributed by atoms with Crippen LogP contribution in [0.4, 0.5) is 9.18 Å². The van der Waals surface area contributed by atoms with Crippen LogP contribution in [0.1, 0.15) is 17.3 Å². The zero-order valence-corrected chi connectivity index (χ0v) is 10.4. The Hall–Kier alpha value is -1.01. The molecule has 1 aromatic carbocycles. The zero-order valence-electron chi connectivity index (χ0n) is 8.77. The average Bonchev–Trinajstić information content (AvgIpc) is 2.26. The second kappa shape index (κ2) is 5.91. The van der Waals surface area contributed by atoms with Gasteiger partial charge in [0.1, 0.15) is 0 Å². The average molecular weight is 259 g/mol. The summed E-state index contributed by atoms with van der Waals surface area (Å²) in [4.78, 5) is 22.1. The molecule has 0 spiro atoms. The van der Waals surface area contributed by atoms with Crippen molar-refractivity contribution in [1.82, 2.24) is 4.31 Å². The van der Waals surface area contributed by atoms with Gasteiger partial charge in [-0.2, -0.15) is 0 Å². The molecular formula is C10H10FNO2S2. The molecule has 1 rings (SSSR count). The normalized spacial score (nSPS) is 9.94. The molecule has 6 heteroatoms. The first-order valence-corrected chi connectivity index (χ1v) is 6.50. The minimum Gasteiger partial charge on any atom is -0.295 e. The Kier molecular flexibility index (Phi) is 4.82. The number of amides is 1. The summed E-state index contributed by atoms with van der Waals surface area (Å²) in [6.45, 7) is 1.49. The van der Waals surface area contributed by atoms with Crippen molar-refractivity contribution < 1.29 is 14.0 Å². The van der Waals surface area contributed by atoms with Crippen molar-refractivity contribution in [3.05, 3.63) is 29.8 Å². The van der Waals surface area contributed by atoms with Crippen LogP contribution in [0.2, 0.25) is 0 Å². The lowest BCUT2D eigenvalue weighted by Gasteiger charge is -2.09. The monoisotopic (exact) mass is 259 g/mol. The first-order valence-electron chi connectivity index (χ1n) is 4.39. The van der Waals surface area contributed by atoms with Gasteiger partial charge < -0.3 is 0 Å². The Labute approximate surface area is 101 Å². The summed E-state index contributed by atoms with van der Waals surface area (Å²) in [6, 6.07) is 6.90. The third-order valence-electron chi connectivity index (χ3n) is 1.75. The van der Waals surface area contributed by atoms with Gasteiger partial charge in [-0.3, -0.25) is 9.10 Å². The first kappa shape index (κ1) is 13.1. The predicted molar refractivity (Wildman–Crippen MR) is 64.2 cm³/mol. The van der Waals surface area contributed by atoms with E-state index in [0.29, 0.717) is 5.56 Å². The Balaban J connectivity index is 2.56. The highest BCUT2D eigenvalue weighted by Crippen LogP contribution is 2.33. The molecule has 1 amide bonds. The van der Waals surface area contributed by atoms with E-state index in [1.165, 1.54) is 24.8 Å². The molecule has 0 aliphatic rings. The van der Waals surface area contributed by atoms with Crippen molar-refractivity contribution in [2.24, 2.45) is 0 Å². The number of carbonyl (C=O) groups excluding carboxylic acids is 2. The Morgan fingerprint density at radius 3 is 2.25 bits per heavy atom. The molecule has 0 heterocycles. The lowest BCUT2D eigenvalue weighted by atomic mass is 10.2. The molecule has 0 atom stereocenters. The van der Waals surface area contributed by atoms with E-state index in [-0.39, 0.29) is 5.78 Å². The molecule has 3 nitrogen and oxygen atoms in total. The lowest BCUT2D eigenvalue weighted by Crippen LogP contribution is -2.10. The number of nitrogens with zero attached hydrogens (tertiary/aromatic N) is 1. The second-order valence-corrected chi connectivity index (χ2v) is 5.27. The van der Waals surface area contributed by atoms with Gasteiger partial charge in [-0.1, -0.05) is 12.1 Å². The number of carbonyl (C=O) groups is 2. The van der Waals surface area contributed by atoms with Gasteiger partial charge in [-0.15, -0.1) is 4.39 Å². The minimum absolute atomic E-state index is 0.000238. The topological polar surface area (TPSA) is 37.4 Å². The third kappa shape index (κ3) is 3.86. The summed E-state index contributed by atoms with van der Waals surface area (Å²) >= 11 is 0. The molecule has 0 aliphatic heterocycles. The molecule has 0 aromatic heterocycles. The highest BCUT2D eigenvalue weighted by Gasteiger charge is 2.08. The van der Waals surface area contributed by atoms with Crippen LogP contribution in [0.25, 0.3) is 0 Å². The molecule has 0 unspecified atom stereocenters. The van der Waals surface area contributed by atoms with Gasteiger partial charge in [0.2, 0.25) is 0 Å². The highest BCUT2D eigenvalue weighted by molar-refractivity contribution is 8.75. The van der Waals surface area contributed by atoms with Gasteiger partial charge in [0.25, 0.3) is 0 Å². The van der Waals surface area contributed by atoms with Crippen LogP contribution in [0.3, 0.4) is 0 Å². The van der Waals surface area contributed by atoms with E-state index >= 15 is 0 Å². The summed E-state index contributed by atoms with van der Waals surface area (Å²) < 4.78 is 13.1. The van der Waals surface area contributed by atoms with Crippen molar-refractivity contribution in [3.63, 3.8) is 0 Å². The summed E-state index contributed by atoms with van der Waals surface area (Å²) in [7, 11) is 3.59. The quantitative estimate of drug-likeness (QED) is 0.272. The first-order chi connectivity index (χ1) is 7.50. The molecule has 0 saturated carbocycles. The Morgan fingerprint density at radius 2 is 1.81 bits per heavy atom. The van der Waals surface area contributed by atoms with Crippen LogP contribution in [-0.2, 0) is 0 Å². The molecule has 0 saturated heterocycles. The second-order valence-electron chi connectivity index (χ2n) is 2.99. The smallest absolute Gasteiger partial charge is 0.295 e. The van der Waals surface area contributed by atoms with Crippen molar-refractivity contribution in [1.29, 1.82) is 0 Å². The third-order valence-corrected chi connectivity index (χ3v) is 4.13. The van der Waals surface area contributed by atoms with Gasteiger partial charge >= 0.3 is 6.16 Å². The molecule has 86 valence electrons. The van der Waals surface area contributed by atoms with E-state index in [4.69, 9.17) is 0 Å². The van der Waals surface area contributed by atoms with Gasteiger partial charge in [-0.05, 0) is 29.9 Å². The summed E-state index contributed by atoms with van der Waals surface area (Å²) in [5, 5.41) is 0. The fourth-order valence-corrected chi connectivity index (χ4v) is 2.48. The van der Waals surface area contributed by atoms with Crippen LogP contribution in [0, 0.1) is 0 Å². The van der Waals surface area contributed by atoms with Gasteiger partial charge in [0, 0.05) is 28.5 Å². The highest BCUT2D eigenvalue weighted by atomic mass is 33.1. The number of benzene rings is 1. The maximum Gasteiger partial charge on any atom is 0.410 e. The van der Waals surface area contributed by atoms with Crippen molar-refractivity contribution in [3.8, 4) is 0 Å². The molecule has 0 fully saturated rings. The minimum atomic E-state index is -1.49. The fraction of sp³-hybridized carbons (Fsp3) is 0.200. The number of ketones is 1. The van der Waals surface area contributed by atoms with Gasteiger partial charge in [-0.25, -0.2) is 4.79 Å². The maximum absolute atomic E-state index is 12.2. The Bertz CT molecular complexity index is 394. The van der Waals surface area contributed by atoms with E-state index in [1.807, 2.05) is 0 Å². The summed E-state index contributed by atoms with van der Waals surface area (Å²) in [5.41, 5.74) is 0.629. The van der Waals surface area contributed by atoms with E-state index in [1.54, 1.807) is 24.3 Å². The number of rotatable bonds is 4. The lowest BCUT2D eigenvalue weighted by molar-refractivity contribution is 0.101. The molecule has 0 radical (unpaired) electrons. The van der Waals surface area contributed by atoms with Crippen molar-refractivity contribution in [2.45, 2.75) is 11.8 Å². The molecule has 1 aromatic rings. The van der Waals surface area contributed by atoms with E-state index in [2.05, 4.69) is 0 Å². The maximum atomic E-state index is 12.2. The fourth-order valence-electron chi connectivity index (χ4n) is 0.873. The predicted octanol–water partition coefficient (Wildman–Crippen LogP) is 3.57. The van der Waals surface area contributed by atoms with Gasteiger partial charge in [0.05, 0.1) is 0 Å². The van der Waals surface area contributed by atoms with E-state index in [9.17, 15) is 14.0 Å². The summed E-state index contributed by atoms with van der Waals surface area (Å²) in [5.74, 6) is 0.000238. The number of hydrogen-bond acceptors (Lipinski definition) is 4. The van der Waals surface area contributed by atoms with Gasteiger partial charge in [0.15, 0.2) is 5.78 Å². The van der Waals surface area contributed by atoms with Crippen molar-refractivity contribution in [2.75, 3.05) is 7.05 Å². The number of halogens is 1. The standard InChI is InChI=1S/C10H10FNO2S2/c1-7(13)8-3-5-9(6-4-8)15-16-12(2)10(11)14/h3-6H,1-2H3. The largest absolute Gasteiger partial charge is 0.410 e.